The van der Waals surface area contributed by atoms with Crippen LogP contribution in [0.1, 0.15) is 56.7 Å². The molecule has 116 valence electrons. The van der Waals surface area contributed by atoms with E-state index in [1.165, 1.54) is 6.42 Å². The summed E-state index contributed by atoms with van der Waals surface area (Å²) in [5.74, 6) is 0.343. The molecule has 1 atom stereocenters. The number of hydrogen-bond donors (Lipinski definition) is 1. The van der Waals surface area contributed by atoms with Gasteiger partial charge in [-0.15, -0.1) is 0 Å². The van der Waals surface area contributed by atoms with Crippen LogP contribution in [0.25, 0.3) is 0 Å². The van der Waals surface area contributed by atoms with Crippen molar-refractivity contribution < 1.29 is 19.2 Å². The molecule has 2 aliphatic rings. The Morgan fingerprint density at radius 3 is 2.76 bits per heavy atom. The summed E-state index contributed by atoms with van der Waals surface area (Å²) < 4.78 is 10.9. The van der Waals surface area contributed by atoms with Crippen LogP contribution in [0.5, 0.6) is 0 Å². The van der Waals surface area contributed by atoms with Gasteiger partial charge in [0.15, 0.2) is 5.82 Å². The van der Waals surface area contributed by atoms with Crippen LogP contribution in [-0.4, -0.2) is 33.9 Å². The van der Waals surface area contributed by atoms with Crippen LogP contribution in [0, 0.1) is 5.41 Å². The molecule has 1 aromatic heterocycles. The van der Waals surface area contributed by atoms with Crippen LogP contribution in [-0.2, 0) is 22.4 Å². The third-order valence-electron chi connectivity index (χ3n) is 4.70. The van der Waals surface area contributed by atoms with Gasteiger partial charge in [-0.25, -0.2) is 0 Å². The molecule has 1 N–H and O–H groups in total. The number of aliphatic carboxylic acids is 1. The van der Waals surface area contributed by atoms with E-state index >= 15 is 0 Å². The van der Waals surface area contributed by atoms with E-state index in [2.05, 4.69) is 10.1 Å². The second kappa shape index (κ2) is 6.13. The molecular formula is C15H22N2O4. The zero-order valence-corrected chi connectivity index (χ0v) is 12.2. The van der Waals surface area contributed by atoms with Gasteiger partial charge < -0.3 is 14.4 Å². The maximum Gasteiger partial charge on any atom is 0.310 e. The van der Waals surface area contributed by atoms with Crippen molar-refractivity contribution in [3.05, 3.63) is 11.7 Å². The van der Waals surface area contributed by atoms with Gasteiger partial charge in [0.05, 0.1) is 11.5 Å². The van der Waals surface area contributed by atoms with Crippen LogP contribution in [0.3, 0.4) is 0 Å². The summed E-state index contributed by atoms with van der Waals surface area (Å²) in [4.78, 5) is 15.9. The first-order valence-electron chi connectivity index (χ1n) is 7.84. The number of carboxylic acids is 1. The van der Waals surface area contributed by atoms with Gasteiger partial charge in [0.1, 0.15) is 0 Å². The van der Waals surface area contributed by atoms with Crippen molar-refractivity contribution in [2.24, 2.45) is 5.41 Å². The van der Waals surface area contributed by atoms with E-state index in [4.69, 9.17) is 9.26 Å². The Labute approximate surface area is 123 Å². The second-order valence-corrected chi connectivity index (χ2v) is 6.27. The Hall–Kier alpha value is -1.43. The summed E-state index contributed by atoms with van der Waals surface area (Å²) in [6, 6.07) is 0. The Balaban J connectivity index is 1.63. The van der Waals surface area contributed by atoms with Crippen LogP contribution in [0.2, 0.25) is 0 Å². The normalized spacial score (nSPS) is 25.0. The lowest BCUT2D eigenvalue weighted by Crippen LogP contribution is -2.30. The largest absolute Gasteiger partial charge is 0.481 e. The standard InChI is InChI=1S/C15H22N2O4/c18-14(19)15(6-2-3-7-15)10-13-16-12(17-21-13)9-11-5-1-4-8-20-11/h11H,1-10H2,(H,18,19). The zero-order valence-electron chi connectivity index (χ0n) is 12.2. The first kappa shape index (κ1) is 14.5. The average molecular weight is 294 g/mol. The van der Waals surface area contributed by atoms with Gasteiger partial charge in [-0.1, -0.05) is 18.0 Å². The number of aromatic nitrogens is 2. The van der Waals surface area contributed by atoms with Crippen LogP contribution < -0.4 is 0 Å². The molecule has 0 amide bonds. The van der Waals surface area contributed by atoms with Gasteiger partial charge in [-0.3, -0.25) is 4.79 Å². The van der Waals surface area contributed by atoms with Crippen molar-refractivity contribution >= 4 is 5.97 Å². The molecule has 3 rings (SSSR count). The van der Waals surface area contributed by atoms with Crippen molar-refractivity contribution in [1.82, 2.24) is 10.1 Å². The molecule has 1 saturated carbocycles. The third kappa shape index (κ3) is 3.26. The molecule has 2 heterocycles. The van der Waals surface area contributed by atoms with Crippen molar-refractivity contribution in [3.8, 4) is 0 Å². The quantitative estimate of drug-likeness (QED) is 0.897. The monoisotopic (exact) mass is 294 g/mol. The molecule has 21 heavy (non-hydrogen) atoms. The summed E-state index contributed by atoms with van der Waals surface area (Å²) in [6.07, 6.45) is 7.83. The smallest absolute Gasteiger partial charge is 0.310 e. The number of rotatable bonds is 5. The van der Waals surface area contributed by atoms with Gasteiger partial charge in [-0.2, -0.15) is 4.98 Å². The molecule has 0 radical (unpaired) electrons. The van der Waals surface area contributed by atoms with E-state index in [0.717, 1.165) is 32.3 Å². The summed E-state index contributed by atoms with van der Waals surface area (Å²) >= 11 is 0. The first-order chi connectivity index (χ1) is 10.2. The molecule has 1 aliphatic heterocycles. The number of carboxylic acid groups (broad SMARTS) is 1. The topological polar surface area (TPSA) is 85.5 Å². The first-order valence-corrected chi connectivity index (χ1v) is 7.84. The van der Waals surface area contributed by atoms with Crippen molar-refractivity contribution in [3.63, 3.8) is 0 Å². The highest BCUT2D eigenvalue weighted by Gasteiger charge is 2.42. The van der Waals surface area contributed by atoms with E-state index in [-0.39, 0.29) is 6.10 Å². The minimum absolute atomic E-state index is 0.170. The minimum atomic E-state index is -0.740. The summed E-state index contributed by atoms with van der Waals surface area (Å²) in [6.45, 7) is 0.803. The predicted molar refractivity (Wildman–Crippen MR) is 73.8 cm³/mol. The minimum Gasteiger partial charge on any atom is -0.481 e. The van der Waals surface area contributed by atoms with Crippen molar-refractivity contribution in [2.75, 3.05) is 6.61 Å². The van der Waals surface area contributed by atoms with Gasteiger partial charge in [0, 0.05) is 19.4 Å². The van der Waals surface area contributed by atoms with Crippen LogP contribution >= 0.6 is 0 Å². The molecule has 0 spiro atoms. The molecule has 1 aromatic rings. The van der Waals surface area contributed by atoms with Crippen molar-refractivity contribution in [2.45, 2.75) is 63.9 Å². The maximum atomic E-state index is 11.5. The number of carbonyl (C=O) groups is 1. The van der Waals surface area contributed by atoms with Gasteiger partial charge >= 0.3 is 5.97 Å². The second-order valence-electron chi connectivity index (χ2n) is 6.27. The molecule has 1 aliphatic carbocycles. The molecule has 2 fully saturated rings. The number of ether oxygens (including phenoxy) is 1. The maximum absolute atomic E-state index is 11.5. The molecule has 6 heteroatoms. The fourth-order valence-corrected chi connectivity index (χ4v) is 3.42. The lowest BCUT2D eigenvalue weighted by Gasteiger charge is -2.21. The molecule has 6 nitrogen and oxygen atoms in total. The van der Waals surface area contributed by atoms with Crippen LogP contribution in [0.4, 0.5) is 0 Å². The molecule has 1 unspecified atom stereocenters. The fraction of sp³-hybridized carbons (Fsp3) is 0.800. The van der Waals surface area contributed by atoms with Gasteiger partial charge in [0.25, 0.3) is 0 Å². The summed E-state index contributed by atoms with van der Waals surface area (Å²) in [5, 5.41) is 13.5. The van der Waals surface area contributed by atoms with E-state index in [1.807, 2.05) is 0 Å². The highest BCUT2D eigenvalue weighted by Crippen LogP contribution is 2.41. The number of hydrogen-bond acceptors (Lipinski definition) is 5. The summed E-state index contributed by atoms with van der Waals surface area (Å²) in [7, 11) is 0. The Bertz CT molecular complexity index is 488. The fourth-order valence-electron chi connectivity index (χ4n) is 3.42. The van der Waals surface area contributed by atoms with E-state index in [0.29, 0.717) is 37.4 Å². The lowest BCUT2D eigenvalue weighted by atomic mass is 9.83. The Morgan fingerprint density at radius 1 is 1.29 bits per heavy atom. The Morgan fingerprint density at radius 2 is 2.10 bits per heavy atom. The van der Waals surface area contributed by atoms with E-state index in [9.17, 15) is 9.90 Å². The zero-order chi connectivity index (χ0) is 14.7. The predicted octanol–water partition coefficient (Wildman–Crippen LogP) is 2.37. The molecule has 1 saturated heterocycles. The van der Waals surface area contributed by atoms with E-state index < -0.39 is 11.4 Å². The molecule has 0 bridgehead atoms. The molecular weight excluding hydrogens is 272 g/mol. The van der Waals surface area contributed by atoms with Gasteiger partial charge in [-0.05, 0) is 32.1 Å². The Kier molecular flexibility index (Phi) is 4.24. The molecule has 0 aromatic carbocycles. The van der Waals surface area contributed by atoms with Gasteiger partial charge in [0.2, 0.25) is 5.89 Å². The third-order valence-corrected chi connectivity index (χ3v) is 4.70. The summed E-state index contributed by atoms with van der Waals surface area (Å²) in [5.41, 5.74) is -0.703. The van der Waals surface area contributed by atoms with Crippen LogP contribution in [0.15, 0.2) is 4.52 Å². The number of nitrogens with zero attached hydrogens (tertiary/aromatic N) is 2. The lowest BCUT2D eigenvalue weighted by molar-refractivity contribution is -0.148. The highest BCUT2D eigenvalue weighted by atomic mass is 16.5. The SMILES string of the molecule is O=C(O)C1(Cc2nc(CC3CCCCO3)no2)CCCC1. The average Bonchev–Trinajstić information content (AvgIpc) is 3.11. The van der Waals surface area contributed by atoms with E-state index in [1.54, 1.807) is 0 Å². The van der Waals surface area contributed by atoms with Crippen molar-refractivity contribution in [1.29, 1.82) is 0 Å². The highest BCUT2D eigenvalue weighted by molar-refractivity contribution is 5.75.